The van der Waals surface area contributed by atoms with E-state index in [4.69, 9.17) is 9.94 Å². The van der Waals surface area contributed by atoms with Crippen molar-refractivity contribution < 1.29 is 15.1 Å². The molecule has 0 spiro atoms. The quantitative estimate of drug-likeness (QED) is 0.103. The molecule has 0 bridgehead atoms. The van der Waals surface area contributed by atoms with Gasteiger partial charge in [-0.15, -0.1) is 0 Å². The van der Waals surface area contributed by atoms with E-state index in [2.05, 4.69) is 12.1 Å². The van der Waals surface area contributed by atoms with E-state index in [1.807, 2.05) is 0 Å². The lowest BCUT2D eigenvalue weighted by atomic mass is 10.0. The molecule has 30 heavy (non-hydrogen) atoms. The zero-order valence-electron chi connectivity index (χ0n) is 19.5. The summed E-state index contributed by atoms with van der Waals surface area (Å²) < 4.78 is 5.71. The molecule has 2 N–H and O–H groups in total. The molecule has 1 rings (SSSR count). The molecule has 0 aliphatic carbocycles. The third-order valence-corrected chi connectivity index (χ3v) is 5.78. The fourth-order valence-electron chi connectivity index (χ4n) is 3.80. The summed E-state index contributed by atoms with van der Waals surface area (Å²) >= 11 is 0. The number of phenols is 1. The largest absolute Gasteiger partial charge is 0.507 e. The maximum absolute atomic E-state index is 9.96. The lowest BCUT2D eigenvalue weighted by Gasteiger charge is -2.09. The highest BCUT2D eigenvalue weighted by Crippen LogP contribution is 2.24. The summed E-state index contributed by atoms with van der Waals surface area (Å²) in [5, 5.41) is 21.9. The van der Waals surface area contributed by atoms with Gasteiger partial charge in [0.05, 0.1) is 12.3 Å². The van der Waals surface area contributed by atoms with E-state index in [-0.39, 0.29) is 5.75 Å². The molecule has 0 aliphatic heterocycles. The Morgan fingerprint density at radius 1 is 0.767 bits per heavy atom. The molecule has 0 fully saturated rings. The van der Waals surface area contributed by atoms with Gasteiger partial charge < -0.3 is 15.1 Å². The predicted molar refractivity (Wildman–Crippen MR) is 127 cm³/mol. The van der Waals surface area contributed by atoms with Crippen molar-refractivity contribution in [1.82, 2.24) is 0 Å². The minimum Gasteiger partial charge on any atom is -0.507 e. The molecule has 0 saturated heterocycles. The Kier molecular flexibility index (Phi) is 15.9. The number of oxime groups is 1. The number of ether oxygens (including phenoxy) is 1. The molecule has 4 nitrogen and oxygen atoms in total. The first-order valence-corrected chi connectivity index (χ1v) is 12.3. The van der Waals surface area contributed by atoms with Gasteiger partial charge >= 0.3 is 0 Å². The molecule has 0 unspecified atom stereocenters. The normalized spacial score (nSPS) is 11.7. The topological polar surface area (TPSA) is 62.0 Å². The van der Waals surface area contributed by atoms with E-state index in [1.165, 1.54) is 96.3 Å². The van der Waals surface area contributed by atoms with Crippen LogP contribution in [0, 0.1) is 0 Å². The van der Waals surface area contributed by atoms with E-state index in [0.717, 1.165) is 6.42 Å². The van der Waals surface area contributed by atoms with Gasteiger partial charge in [0.2, 0.25) is 0 Å². The van der Waals surface area contributed by atoms with Gasteiger partial charge in [-0.05, 0) is 25.5 Å². The van der Waals surface area contributed by atoms with Crippen LogP contribution in [0.3, 0.4) is 0 Å². The van der Waals surface area contributed by atoms with E-state index >= 15 is 0 Å². The predicted octanol–water partition coefficient (Wildman–Crippen LogP) is 8.23. The van der Waals surface area contributed by atoms with Gasteiger partial charge in [0, 0.05) is 11.6 Å². The molecular formula is C26H45NO3. The molecule has 0 heterocycles. The third-order valence-electron chi connectivity index (χ3n) is 5.78. The Morgan fingerprint density at radius 2 is 1.23 bits per heavy atom. The number of phenolic OH excluding ortho intramolecular Hbond substituents is 1. The molecule has 1 aromatic rings. The second-order valence-corrected chi connectivity index (χ2v) is 8.52. The van der Waals surface area contributed by atoms with Crippen LogP contribution in [0.2, 0.25) is 0 Å². The third kappa shape index (κ3) is 12.8. The Labute approximate surface area is 184 Å². The fraction of sp³-hybridized carbons (Fsp3) is 0.731. The lowest BCUT2D eigenvalue weighted by molar-refractivity contribution is 0.302. The number of unbranched alkanes of at least 4 members (excludes halogenated alkanes) is 15. The average molecular weight is 420 g/mol. The minimum absolute atomic E-state index is 0.0785. The number of nitrogens with zero attached hydrogens (tertiary/aromatic N) is 1. The number of benzene rings is 1. The minimum atomic E-state index is 0.0785. The molecule has 0 aromatic heterocycles. The second kappa shape index (κ2) is 18.1. The number of rotatable bonds is 19. The summed E-state index contributed by atoms with van der Waals surface area (Å²) in [4.78, 5) is 0. The molecule has 172 valence electrons. The summed E-state index contributed by atoms with van der Waals surface area (Å²) in [5.41, 5.74) is 0.907. The molecule has 0 radical (unpaired) electrons. The van der Waals surface area contributed by atoms with E-state index < -0.39 is 0 Å². The van der Waals surface area contributed by atoms with Crippen molar-refractivity contribution in [3.63, 3.8) is 0 Å². The van der Waals surface area contributed by atoms with Crippen molar-refractivity contribution in [2.45, 2.75) is 117 Å². The Hall–Kier alpha value is -1.71. The highest BCUT2D eigenvalue weighted by molar-refractivity contribution is 6.00. The van der Waals surface area contributed by atoms with Crippen molar-refractivity contribution in [2.75, 3.05) is 6.61 Å². The van der Waals surface area contributed by atoms with Crippen LogP contribution >= 0.6 is 0 Å². The SMILES string of the molecule is CCCCCCCCCCCCCCCCCCOc1ccc(/C(C)=N/O)c(O)c1. The zero-order chi connectivity index (χ0) is 21.9. The van der Waals surface area contributed by atoms with Crippen molar-refractivity contribution in [3.8, 4) is 11.5 Å². The van der Waals surface area contributed by atoms with Crippen LogP contribution in [0.4, 0.5) is 0 Å². The van der Waals surface area contributed by atoms with Crippen molar-refractivity contribution >= 4 is 5.71 Å². The van der Waals surface area contributed by atoms with E-state index in [1.54, 1.807) is 25.1 Å². The number of hydrogen-bond donors (Lipinski definition) is 2. The van der Waals surface area contributed by atoms with Crippen molar-refractivity contribution in [2.24, 2.45) is 5.16 Å². The summed E-state index contributed by atoms with van der Waals surface area (Å²) in [6.45, 7) is 4.59. The maximum Gasteiger partial charge on any atom is 0.128 e. The smallest absolute Gasteiger partial charge is 0.128 e. The van der Waals surface area contributed by atoms with Gasteiger partial charge in [-0.1, -0.05) is 108 Å². The Bertz CT molecular complexity index is 571. The summed E-state index contributed by atoms with van der Waals surface area (Å²) in [5.74, 6) is 0.734. The first kappa shape index (κ1) is 26.3. The van der Waals surface area contributed by atoms with Gasteiger partial charge in [0.25, 0.3) is 0 Å². The van der Waals surface area contributed by atoms with Crippen LogP contribution < -0.4 is 4.74 Å². The number of hydrogen-bond acceptors (Lipinski definition) is 4. The van der Waals surface area contributed by atoms with Crippen LogP contribution in [0.5, 0.6) is 11.5 Å². The van der Waals surface area contributed by atoms with Gasteiger partial charge in [-0.3, -0.25) is 0 Å². The van der Waals surface area contributed by atoms with Crippen LogP contribution in [-0.2, 0) is 0 Å². The Balaban J connectivity index is 1.88. The highest BCUT2D eigenvalue weighted by atomic mass is 16.5. The molecule has 0 saturated carbocycles. The molecule has 4 heteroatoms. The second-order valence-electron chi connectivity index (χ2n) is 8.52. The maximum atomic E-state index is 9.96. The summed E-state index contributed by atoms with van der Waals surface area (Å²) in [6, 6.07) is 5.10. The summed E-state index contributed by atoms with van der Waals surface area (Å²) in [7, 11) is 0. The van der Waals surface area contributed by atoms with Crippen LogP contribution in [0.1, 0.15) is 122 Å². The molecule has 0 aliphatic rings. The van der Waals surface area contributed by atoms with E-state index in [9.17, 15) is 5.11 Å². The van der Waals surface area contributed by atoms with E-state index in [0.29, 0.717) is 23.6 Å². The van der Waals surface area contributed by atoms with Gasteiger partial charge in [-0.25, -0.2) is 0 Å². The zero-order valence-corrected chi connectivity index (χ0v) is 19.5. The fourth-order valence-corrected chi connectivity index (χ4v) is 3.80. The van der Waals surface area contributed by atoms with Crippen molar-refractivity contribution in [3.05, 3.63) is 23.8 Å². The van der Waals surface area contributed by atoms with Crippen LogP contribution in [-0.4, -0.2) is 22.6 Å². The van der Waals surface area contributed by atoms with Gasteiger partial charge in [-0.2, -0.15) is 0 Å². The van der Waals surface area contributed by atoms with Gasteiger partial charge in [0.1, 0.15) is 11.5 Å². The first-order chi connectivity index (χ1) is 14.7. The highest BCUT2D eigenvalue weighted by Gasteiger charge is 2.06. The number of aromatic hydroxyl groups is 1. The van der Waals surface area contributed by atoms with Crippen LogP contribution in [0.15, 0.2) is 23.4 Å². The molecule has 0 amide bonds. The van der Waals surface area contributed by atoms with Gasteiger partial charge in [0.15, 0.2) is 0 Å². The van der Waals surface area contributed by atoms with Crippen molar-refractivity contribution in [1.29, 1.82) is 0 Å². The Morgan fingerprint density at radius 3 is 1.67 bits per heavy atom. The molecular weight excluding hydrogens is 374 g/mol. The van der Waals surface area contributed by atoms with Crippen LogP contribution in [0.25, 0.3) is 0 Å². The lowest BCUT2D eigenvalue weighted by Crippen LogP contribution is -1.99. The average Bonchev–Trinajstić information content (AvgIpc) is 2.75. The monoisotopic (exact) mass is 419 g/mol. The molecule has 0 atom stereocenters. The first-order valence-electron chi connectivity index (χ1n) is 12.3. The standard InChI is InChI=1S/C26H45NO3/c1-3-4-5-6-7-8-9-10-11-12-13-14-15-16-17-18-21-30-24-19-20-25(23(2)27-29)26(28)22-24/h19-20,22,28-29H,3-18,21H2,1-2H3/b27-23+. The molecule has 1 aromatic carbocycles. The summed E-state index contributed by atoms with van der Waals surface area (Å²) in [6.07, 6.45) is 21.7.